The summed E-state index contributed by atoms with van der Waals surface area (Å²) in [6.07, 6.45) is 4.84. The minimum absolute atomic E-state index is 0.176. The fraction of sp³-hybridized carbons (Fsp3) is 0.458. The second-order valence-corrected chi connectivity index (χ2v) is 10.2. The zero-order valence-corrected chi connectivity index (χ0v) is 19.9. The van der Waals surface area contributed by atoms with E-state index in [0.29, 0.717) is 24.4 Å². The molecule has 3 rings (SSSR count). The zero-order chi connectivity index (χ0) is 23.1. The Balaban J connectivity index is 1.53. The summed E-state index contributed by atoms with van der Waals surface area (Å²) < 4.78 is 30.4. The van der Waals surface area contributed by atoms with Crippen molar-refractivity contribution in [2.75, 3.05) is 35.6 Å². The molecule has 0 aliphatic carbocycles. The number of anilines is 2. The van der Waals surface area contributed by atoms with Gasteiger partial charge < -0.3 is 15.0 Å². The average Bonchev–Trinajstić information content (AvgIpc) is 2.81. The first kappa shape index (κ1) is 23.9. The molecule has 0 saturated carbocycles. The molecule has 2 aromatic rings. The van der Waals surface area contributed by atoms with Gasteiger partial charge in [-0.05, 0) is 67.6 Å². The molecule has 0 radical (unpaired) electrons. The maximum absolute atomic E-state index is 12.6. The molecule has 7 nitrogen and oxygen atoms in total. The van der Waals surface area contributed by atoms with Gasteiger partial charge in [-0.1, -0.05) is 19.1 Å². The van der Waals surface area contributed by atoms with E-state index in [1.54, 1.807) is 24.3 Å². The number of piperidine rings is 1. The van der Waals surface area contributed by atoms with E-state index in [4.69, 9.17) is 4.74 Å². The van der Waals surface area contributed by atoms with E-state index in [-0.39, 0.29) is 5.91 Å². The van der Waals surface area contributed by atoms with Gasteiger partial charge in [-0.3, -0.25) is 9.10 Å². The van der Waals surface area contributed by atoms with Crippen LogP contribution in [0.1, 0.15) is 38.2 Å². The van der Waals surface area contributed by atoms with E-state index in [1.165, 1.54) is 36.3 Å². The molecule has 0 bridgehead atoms. The number of ether oxygens (including phenoxy) is 1. The number of nitrogens with zero attached hydrogens (tertiary/aromatic N) is 2. The average molecular weight is 460 g/mol. The van der Waals surface area contributed by atoms with Gasteiger partial charge in [-0.2, -0.15) is 0 Å². The van der Waals surface area contributed by atoms with Gasteiger partial charge in [0.25, 0.3) is 5.91 Å². The first-order valence-corrected chi connectivity index (χ1v) is 12.9. The van der Waals surface area contributed by atoms with Gasteiger partial charge in [-0.25, -0.2) is 8.42 Å². The van der Waals surface area contributed by atoms with E-state index >= 15 is 0 Å². The van der Waals surface area contributed by atoms with Crippen molar-refractivity contribution in [1.82, 2.24) is 5.32 Å². The lowest BCUT2D eigenvalue weighted by Gasteiger charge is -2.28. The number of hydrogen-bond acceptors (Lipinski definition) is 5. The quantitative estimate of drug-likeness (QED) is 0.620. The Morgan fingerprint density at radius 1 is 1.06 bits per heavy atom. The van der Waals surface area contributed by atoms with E-state index < -0.39 is 16.1 Å². The Bertz CT molecular complexity index is 985. The van der Waals surface area contributed by atoms with Crippen molar-refractivity contribution >= 4 is 27.3 Å². The third-order valence-electron chi connectivity index (χ3n) is 5.76. The highest BCUT2D eigenvalue weighted by Crippen LogP contribution is 2.22. The van der Waals surface area contributed by atoms with Crippen LogP contribution in [0, 0.1) is 0 Å². The number of sulfonamides is 1. The lowest BCUT2D eigenvalue weighted by atomic mass is 10.1. The topological polar surface area (TPSA) is 78.9 Å². The molecule has 1 aliphatic rings. The van der Waals surface area contributed by atoms with Crippen LogP contribution in [0.3, 0.4) is 0 Å². The predicted molar refractivity (Wildman–Crippen MR) is 129 cm³/mol. The van der Waals surface area contributed by atoms with E-state index in [2.05, 4.69) is 34.5 Å². The number of amides is 1. The molecule has 32 heavy (non-hydrogen) atoms. The Hall–Kier alpha value is -2.74. The van der Waals surface area contributed by atoms with Gasteiger partial charge in [0, 0.05) is 32.4 Å². The Kier molecular flexibility index (Phi) is 8.01. The largest absolute Gasteiger partial charge is 0.481 e. The zero-order valence-electron chi connectivity index (χ0n) is 19.1. The monoisotopic (exact) mass is 459 g/mol. The Morgan fingerprint density at radius 3 is 2.25 bits per heavy atom. The van der Waals surface area contributed by atoms with Crippen molar-refractivity contribution in [3.05, 3.63) is 54.1 Å². The van der Waals surface area contributed by atoms with Gasteiger partial charge in [-0.15, -0.1) is 0 Å². The molecule has 1 heterocycles. The van der Waals surface area contributed by atoms with Crippen LogP contribution in [0.2, 0.25) is 0 Å². The fourth-order valence-electron chi connectivity index (χ4n) is 3.69. The standard InChI is InChI=1S/C24H33N3O4S/c1-4-23(31-22-14-12-20(13-15-22)26(2)32(3,29)30)24(28)25-18-19-8-10-21(11-9-19)27-16-6-5-7-17-27/h8-15,23H,4-7,16-18H2,1-3H3,(H,25,28)/t23-/m1/s1. The third kappa shape index (κ3) is 6.38. The van der Waals surface area contributed by atoms with Crippen molar-refractivity contribution in [1.29, 1.82) is 0 Å². The number of rotatable bonds is 9. The summed E-state index contributed by atoms with van der Waals surface area (Å²) in [6.45, 7) is 4.55. The van der Waals surface area contributed by atoms with Crippen molar-refractivity contribution < 1.29 is 17.9 Å². The number of carbonyl (C=O) groups is 1. The number of benzene rings is 2. The van der Waals surface area contributed by atoms with Crippen molar-refractivity contribution in [3.8, 4) is 5.75 Å². The first-order chi connectivity index (χ1) is 15.3. The molecule has 1 N–H and O–H groups in total. The molecule has 1 fully saturated rings. The highest BCUT2D eigenvalue weighted by molar-refractivity contribution is 7.92. The smallest absolute Gasteiger partial charge is 0.261 e. The normalized spacial score (nSPS) is 15.2. The van der Waals surface area contributed by atoms with Crippen LogP contribution < -0.4 is 19.3 Å². The molecule has 174 valence electrons. The molecule has 2 aromatic carbocycles. The summed E-state index contributed by atoms with van der Waals surface area (Å²) in [7, 11) is -1.83. The van der Waals surface area contributed by atoms with Crippen molar-refractivity contribution in [2.45, 2.75) is 45.3 Å². The number of nitrogens with one attached hydrogen (secondary N) is 1. The Labute approximate surface area is 191 Å². The number of hydrogen-bond donors (Lipinski definition) is 1. The Morgan fingerprint density at radius 2 is 1.69 bits per heavy atom. The summed E-state index contributed by atoms with van der Waals surface area (Å²) in [6, 6.07) is 15.0. The van der Waals surface area contributed by atoms with E-state index in [1.807, 2.05) is 6.92 Å². The molecule has 1 amide bonds. The second kappa shape index (κ2) is 10.7. The summed E-state index contributed by atoms with van der Waals surface area (Å²) in [4.78, 5) is 15.0. The molecule has 0 spiro atoms. The minimum atomic E-state index is -3.33. The number of carbonyl (C=O) groups excluding carboxylic acids is 1. The van der Waals surface area contributed by atoms with Crippen molar-refractivity contribution in [3.63, 3.8) is 0 Å². The lowest BCUT2D eigenvalue weighted by molar-refractivity contribution is -0.128. The molecular weight excluding hydrogens is 426 g/mol. The molecule has 1 aliphatic heterocycles. The molecule has 0 unspecified atom stereocenters. The first-order valence-electron chi connectivity index (χ1n) is 11.1. The minimum Gasteiger partial charge on any atom is -0.481 e. The summed E-state index contributed by atoms with van der Waals surface area (Å²) in [5.74, 6) is 0.341. The van der Waals surface area contributed by atoms with Crippen LogP contribution in [0.5, 0.6) is 5.75 Å². The van der Waals surface area contributed by atoms with Gasteiger partial charge in [0.15, 0.2) is 6.10 Å². The van der Waals surface area contributed by atoms with Gasteiger partial charge in [0.1, 0.15) is 5.75 Å². The van der Waals surface area contributed by atoms with Gasteiger partial charge >= 0.3 is 0 Å². The summed E-state index contributed by atoms with van der Waals surface area (Å²) in [5.41, 5.74) is 2.81. The van der Waals surface area contributed by atoms with Gasteiger partial charge in [0.05, 0.1) is 11.9 Å². The third-order valence-corrected chi connectivity index (χ3v) is 6.97. The maximum Gasteiger partial charge on any atom is 0.261 e. The molecule has 1 saturated heterocycles. The van der Waals surface area contributed by atoms with Crippen LogP contribution >= 0.6 is 0 Å². The second-order valence-electron chi connectivity index (χ2n) is 8.17. The summed E-state index contributed by atoms with van der Waals surface area (Å²) >= 11 is 0. The van der Waals surface area contributed by atoms with Crippen LogP contribution in [0.4, 0.5) is 11.4 Å². The lowest BCUT2D eigenvalue weighted by Crippen LogP contribution is -2.37. The molecule has 0 aromatic heterocycles. The maximum atomic E-state index is 12.6. The fourth-order valence-corrected chi connectivity index (χ4v) is 4.20. The molecule has 8 heteroatoms. The van der Waals surface area contributed by atoms with E-state index in [9.17, 15) is 13.2 Å². The van der Waals surface area contributed by atoms with Crippen LogP contribution in [-0.2, 0) is 21.4 Å². The van der Waals surface area contributed by atoms with Crippen molar-refractivity contribution in [2.24, 2.45) is 0 Å². The predicted octanol–water partition coefficient (Wildman–Crippen LogP) is 3.55. The van der Waals surface area contributed by atoms with Crippen LogP contribution in [0.25, 0.3) is 0 Å². The SMILES string of the molecule is CC[C@@H](Oc1ccc(N(C)S(C)(=O)=O)cc1)C(=O)NCc1ccc(N2CCCCC2)cc1. The molecular formula is C24H33N3O4S. The highest BCUT2D eigenvalue weighted by atomic mass is 32.2. The van der Waals surface area contributed by atoms with Crippen LogP contribution in [0.15, 0.2) is 48.5 Å². The van der Waals surface area contributed by atoms with Gasteiger partial charge in [0.2, 0.25) is 10.0 Å². The van der Waals surface area contributed by atoms with E-state index in [0.717, 1.165) is 24.9 Å². The highest BCUT2D eigenvalue weighted by Gasteiger charge is 2.19. The summed E-state index contributed by atoms with van der Waals surface area (Å²) in [5, 5.41) is 2.95. The molecule has 1 atom stereocenters. The van der Waals surface area contributed by atoms with Crippen LogP contribution in [-0.4, -0.2) is 46.8 Å².